The molecule has 1 aromatic rings. The van der Waals surface area contributed by atoms with Gasteiger partial charge in [0.25, 0.3) is 0 Å². The zero-order valence-electron chi connectivity index (χ0n) is 12.5. The molecule has 1 amide bonds. The van der Waals surface area contributed by atoms with Crippen molar-refractivity contribution in [2.24, 2.45) is 5.92 Å². The predicted molar refractivity (Wildman–Crippen MR) is 83.7 cm³/mol. The summed E-state index contributed by atoms with van der Waals surface area (Å²) in [6.45, 7) is 7.29. The van der Waals surface area contributed by atoms with Crippen LogP contribution < -0.4 is 11.1 Å². The van der Waals surface area contributed by atoms with Crippen molar-refractivity contribution in [2.45, 2.75) is 33.1 Å². The van der Waals surface area contributed by atoms with Gasteiger partial charge in [-0.05, 0) is 43.5 Å². The van der Waals surface area contributed by atoms with E-state index in [9.17, 15) is 4.79 Å². The molecule has 1 aliphatic rings. The number of hydrogen-bond acceptors (Lipinski definition) is 3. The van der Waals surface area contributed by atoms with E-state index in [4.69, 9.17) is 5.73 Å². The first-order valence-electron chi connectivity index (χ1n) is 7.47. The Kier molecular flexibility index (Phi) is 5.01. The van der Waals surface area contributed by atoms with Crippen LogP contribution >= 0.6 is 0 Å². The van der Waals surface area contributed by atoms with E-state index in [1.807, 2.05) is 25.1 Å². The predicted octanol–water partition coefficient (Wildman–Crippen LogP) is 2.64. The van der Waals surface area contributed by atoms with Crippen LogP contribution in [0.2, 0.25) is 0 Å². The summed E-state index contributed by atoms with van der Waals surface area (Å²) in [7, 11) is 0. The van der Waals surface area contributed by atoms with Crippen molar-refractivity contribution in [3.05, 3.63) is 23.8 Å². The molecule has 1 aromatic carbocycles. The number of nitrogens with two attached hydrogens (primary N) is 1. The molecular weight excluding hydrogens is 250 g/mol. The first kappa shape index (κ1) is 14.9. The third-order valence-electron chi connectivity index (χ3n) is 4.25. The van der Waals surface area contributed by atoms with Gasteiger partial charge in [0.15, 0.2) is 0 Å². The fourth-order valence-corrected chi connectivity index (χ4v) is 2.71. The highest BCUT2D eigenvalue weighted by atomic mass is 16.1. The highest BCUT2D eigenvalue weighted by molar-refractivity contribution is 5.92. The molecule has 1 fully saturated rings. The van der Waals surface area contributed by atoms with E-state index in [1.54, 1.807) is 0 Å². The maximum Gasteiger partial charge on any atom is 0.225 e. The lowest BCUT2D eigenvalue weighted by Crippen LogP contribution is -2.26. The fourth-order valence-electron chi connectivity index (χ4n) is 2.71. The smallest absolute Gasteiger partial charge is 0.225 e. The van der Waals surface area contributed by atoms with Crippen LogP contribution in [0.3, 0.4) is 0 Å². The van der Waals surface area contributed by atoms with Gasteiger partial charge in [0.05, 0.1) is 0 Å². The number of nitrogens with one attached hydrogen (secondary N) is 1. The Labute approximate surface area is 121 Å². The van der Waals surface area contributed by atoms with Gasteiger partial charge in [-0.2, -0.15) is 0 Å². The summed E-state index contributed by atoms with van der Waals surface area (Å²) in [6.07, 6.45) is 3.06. The topological polar surface area (TPSA) is 58.4 Å². The lowest BCUT2D eigenvalue weighted by atomic mass is 10.1. The molecule has 4 nitrogen and oxygen atoms in total. The third kappa shape index (κ3) is 3.73. The second-order valence-electron chi connectivity index (χ2n) is 5.68. The van der Waals surface area contributed by atoms with Crippen LogP contribution in [-0.4, -0.2) is 30.4 Å². The monoisotopic (exact) mass is 275 g/mol. The number of rotatable bonds is 5. The SMILES string of the molecule is CCC1CCN(CCC(=O)Nc2cccc(N)c2C)C1. The lowest BCUT2D eigenvalue weighted by Gasteiger charge is -2.16. The largest absolute Gasteiger partial charge is 0.398 e. The van der Waals surface area contributed by atoms with Gasteiger partial charge in [-0.3, -0.25) is 4.79 Å². The first-order chi connectivity index (χ1) is 9.60. The Bertz CT molecular complexity index is 473. The number of hydrogen-bond donors (Lipinski definition) is 2. The number of carbonyl (C=O) groups excluding carboxylic acids is 1. The maximum absolute atomic E-state index is 12.0. The second kappa shape index (κ2) is 6.75. The van der Waals surface area contributed by atoms with Crippen molar-refractivity contribution < 1.29 is 4.79 Å². The Morgan fingerprint density at radius 2 is 2.30 bits per heavy atom. The number of amides is 1. The van der Waals surface area contributed by atoms with Crippen LogP contribution in [0.4, 0.5) is 11.4 Å². The number of benzene rings is 1. The second-order valence-corrected chi connectivity index (χ2v) is 5.68. The van der Waals surface area contributed by atoms with Gasteiger partial charge in [0.2, 0.25) is 5.91 Å². The van der Waals surface area contributed by atoms with Gasteiger partial charge in [-0.15, -0.1) is 0 Å². The van der Waals surface area contributed by atoms with Crippen molar-refractivity contribution >= 4 is 17.3 Å². The van der Waals surface area contributed by atoms with Crippen molar-refractivity contribution in [1.82, 2.24) is 4.90 Å². The molecule has 20 heavy (non-hydrogen) atoms. The Hall–Kier alpha value is -1.55. The number of carbonyl (C=O) groups is 1. The minimum atomic E-state index is 0.0682. The number of nitrogen functional groups attached to an aromatic ring is 1. The average Bonchev–Trinajstić information content (AvgIpc) is 2.90. The molecule has 1 heterocycles. The summed E-state index contributed by atoms with van der Waals surface area (Å²) >= 11 is 0. The molecule has 0 aromatic heterocycles. The van der Waals surface area contributed by atoms with Gasteiger partial charge in [-0.1, -0.05) is 19.4 Å². The van der Waals surface area contributed by atoms with Crippen LogP contribution in [0.15, 0.2) is 18.2 Å². The van der Waals surface area contributed by atoms with Crippen LogP contribution in [0.25, 0.3) is 0 Å². The molecule has 4 heteroatoms. The van der Waals surface area contributed by atoms with Crippen LogP contribution in [0.5, 0.6) is 0 Å². The Morgan fingerprint density at radius 3 is 3.00 bits per heavy atom. The fraction of sp³-hybridized carbons (Fsp3) is 0.562. The van der Waals surface area contributed by atoms with Gasteiger partial charge >= 0.3 is 0 Å². The molecule has 1 aliphatic heterocycles. The molecule has 110 valence electrons. The van der Waals surface area contributed by atoms with Crippen LogP contribution in [0, 0.1) is 12.8 Å². The first-order valence-corrected chi connectivity index (χ1v) is 7.47. The summed E-state index contributed by atoms with van der Waals surface area (Å²) in [4.78, 5) is 14.4. The van der Waals surface area contributed by atoms with E-state index in [-0.39, 0.29) is 5.91 Å². The summed E-state index contributed by atoms with van der Waals surface area (Å²) in [5, 5.41) is 2.95. The molecule has 0 radical (unpaired) electrons. The van der Waals surface area contributed by atoms with E-state index in [1.165, 1.54) is 12.8 Å². The van der Waals surface area contributed by atoms with Crippen molar-refractivity contribution in [2.75, 3.05) is 30.7 Å². The number of anilines is 2. The molecular formula is C16H25N3O. The minimum absolute atomic E-state index is 0.0682. The molecule has 0 bridgehead atoms. The number of likely N-dealkylation sites (tertiary alicyclic amines) is 1. The van der Waals surface area contributed by atoms with Crippen molar-refractivity contribution in [1.29, 1.82) is 0 Å². The van der Waals surface area contributed by atoms with E-state index >= 15 is 0 Å². The quantitative estimate of drug-likeness (QED) is 0.812. The van der Waals surface area contributed by atoms with Crippen LogP contribution in [0.1, 0.15) is 31.7 Å². The average molecular weight is 275 g/mol. The van der Waals surface area contributed by atoms with Gasteiger partial charge in [-0.25, -0.2) is 0 Å². The lowest BCUT2D eigenvalue weighted by molar-refractivity contribution is -0.116. The molecule has 2 rings (SSSR count). The summed E-state index contributed by atoms with van der Waals surface area (Å²) in [5.74, 6) is 0.882. The molecule has 0 spiro atoms. The van der Waals surface area contributed by atoms with E-state index in [2.05, 4.69) is 17.1 Å². The summed E-state index contributed by atoms with van der Waals surface area (Å²) < 4.78 is 0. The van der Waals surface area contributed by atoms with Crippen molar-refractivity contribution in [3.63, 3.8) is 0 Å². The Balaban J connectivity index is 1.80. The van der Waals surface area contributed by atoms with Gasteiger partial charge < -0.3 is 16.0 Å². The van der Waals surface area contributed by atoms with E-state index in [0.717, 1.165) is 36.8 Å². The Morgan fingerprint density at radius 1 is 1.50 bits per heavy atom. The van der Waals surface area contributed by atoms with E-state index in [0.29, 0.717) is 12.1 Å². The van der Waals surface area contributed by atoms with E-state index < -0.39 is 0 Å². The molecule has 0 aliphatic carbocycles. The number of nitrogens with zero attached hydrogens (tertiary/aromatic N) is 1. The van der Waals surface area contributed by atoms with Crippen molar-refractivity contribution in [3.8, 4) is 0 Å². The van der Waals surface area contributed by atoms with Gasteiger partial charge in [0.1, 0.15) is 0 Å². The maximum atomic E-state index is 12.0. The highest BCUT2D eigenvalue weighted by Crippen LogP contribution is 2.21. The standard InChI is InChI=1S/C16H25N3O/c1-3-13-7-9-19(11-13)10-8-16(20)18-15-6-4-5-14(17)12(15)2/h4-6,13H,3,7-11,17H2,1-2H3,(H,18,20). The molecule has 3 N–H and O–H groups in total. The zero-order valence-corrected chi connectivity index (χ0v) is 12.5. The molecule has 1 saturated heterocycles. The minimum Gasteiger partial charge on any atom is -0.398 e. The normalized spacial score (nSPS) is 19.2. The zero-order chi connectivity index (χ0) is 14.5. The van der Waals surface area contributed by atoms with Gasteiger partial charge in [0, 0.05) is 30.9 Å². The van der Waals surface area contributed by atoms with Crippen LogP contribution in [-0.2, 0) is 4.79 Å². The molecule has 1 unspecified atom stereocenters. The summed E-state index contributed by atoms with van der Waals surface area (Å²) in [6, 6.07) is 5.61. The third-order valence-corrected chi connectivity index (χ3v) is 4.25. The molecule has 0 saturated carbocycles. The molecule has 1 atom stereocenters. The summed E-state index contributed by atoms with van der Waals surface area (Å²) in [5.41, 5.74) is 8.32. The highest BCUT2D eigenvalue weighted by Gasteiger charge is 2.21.